The fourth-order valence-electron chi connectivity index (χ4n) is 1.51. The zero-order valence-corrected chi connectivity index (χ0v) is 8.67. The van der Waals surface area contributed by atoms with Crippen LogP contribution in [0.25, 0.3) is 12.2 Å². The first kappa shape index (κ1) is 10.4. The van der Waals surface area contributed by atoms with Gasteiger partial charge in [-0.1, -0.05) is 30.9 Å². The van der Waals surface area contributed by atoms with Crippen LogP contribution in [-0.2, 0) is 0 Å². The lowest BCUT2D eigenvalue weighted by atomic mass is 10.1. The molecular weight excluding hydrogens is 172 g/mol. The van der Waals surface area contributed by atoms with E-state index in [9.17, 15) is 0 Å². The fourth-order valence-corrected chi connectivity index (χ4v) is 1.51. The van der Waals surface area contributed by atoms with Gasteiger partial charge >= 0.3 is 0 Å². The van der Waals surface area contributed by atoms with Crippen LogP contribution in [0.2, 0.25) is 0 Å². The van der Waals surface area contributed by atoms with Crippen LogP contribution in [0.15, 0.2) is 24.8 Å². The van der Waals surface area contributed by atoms with E-state index < -0.39 is 0 Å². The van der Waals surface area contributed by atoms with E-state index in [0.29, 0.717) is 0 Å². The van der Waals surface area contributed by atoms with Crippen molar-refractivity contribution in [2.24, 2.45) is 0 Å². The van der Waals surface area contributed by atoms with Crippen LogP contribution in [0.5, 0.6) is 0 Å². The van der Waals surface area contributed by atoms with Crippen LogP contribution in [0.3, 0.4) is 0 Å². The van der Waals surface area contributed by atoms with Gasteiger partial charge in [0.1, 0.15) is 0 Å². The maximum Gasteiger partial charge on any atom is 0.0647 e. The molecule has 0 aliphatic rings. The molecule has 2 heteroatoms. The van der Waals surface area contributed by atoms with Gasteiger partial charge in [-0.3, -0.25) is 0 Å². The highest BCUT2D eigenvalue weighted by molar-refractivity contribution is 5.68. The standard InChI is InChI=1S/C12H16N2/c1-4-6-9-7-8-11(13)12(14-3)10(9)5-2/h4-8,14H,1,13H2,2-3H3/b9-6-,10-5+. The average molecular weight is 188 g/mol. The van der Waals surface area contributed by atoms with Crippen LogP contribution in [0, 0.1) is 0 Å². The smallest absolute Gasteiger partial charge is 0.0647 e. The number of benzene rings is 1. The summed E-state index contributed by atoms with van der Waals surface area (Å²) in [6.07, 6.45) is 5.78. The zero-order chi connectivity index (χ0) is 10.6. The molecule has 1 rings (SSSR count). The van der Waals surface area contributed by atoms with Gasteiger partial charge in [-0.05, 0) is 18.2 Å². The summed E-state index contributed by atoms with van der Waals surface area (Å²) in [5, 5.41) is 5.35. The lowest BCUT2D eigenvalue weighted by Gasteiger charge is -2.05. The van der Waals surface area contributed by atoms with Gasteiger partial charge < -0.3 is 11.1 Å². The molecule has 0 heterocycles. The maximum atomic E-state index is 5.85. The van der Waals surface area contributed by atoms with Gasteiger partial charge in [0.2, 0.25) is 0 Å². The van der Waals surface area contributed by atoms with Crippen molar-refractivity contribution in [2.45, 2.75) is 6.92 Å². The topological polar surface area (TPSA) is 38.0 Å². The zero-order valence-electron chi connectivity index (χ0n) is 8.67. The van der Waals surface area contributed by atoms with E-state index in [1.165, 1.54) is 0 Å². The van der Waals surface area contributed by atoms with E-state index in [4.69, 9.17) is 5.73 Å². The first-order chi connectivity index (χ1) is 6.74. The summed E-state index contributed by atoms with van der Waals surface area (Å²) in [5.41, 5.74) is 7.59. The molecule has 0 aromatic heterocycles. The molecule has 0 amide bonds. The third-order valence-electron chi connectivity index (χ3n) is 2.15. The number of anilines is 2. The largest absolute Gasteiger partial charge is 0.397 e. The Morgan fingerprint density at radius 1 is 1.43 bits per heavy atom. The minimum Gasteiger partial charge on any atom is -0.397 e. The van der Waals surface area contributed by atoms with Gasteiger partial charge in [-0.25, -0.2) is 0 Å². The lowest BCUT2D eigenvalue weighted by Crippen LogP contribution is -2.27. The second-order valence-electron chi connectivity index (χ2n) is 2.97. The molecule has 0 radical (unpaired) electrons. The highest BCUT2D eigenvalue weighted by Crippen LogP contribution is 2.08. The predicted octanol–water partition coefficient (Wildman–Crippen LogP) is 1.08. The Kier molecular flexibility index (Phi) is 3.35. The van der Waals surface area contributed by atoms with E-state index in [-0.39, 0.29) is 0 Å². The van der Waals surface area contributed by atoms with E-state index in [1.54, 1.807) is 6.08 Å². The second kappa shape index (κ2) is 4.51. The van der Waals surface area contributed by atoms with Gasteiger partial charge in [0.05, 0.1) is 11.4 Å². The molecule has 14 heavy (non-hydrogen) atoms. The van der Waals surface area contributed by atoms with Gasteiger partial charge in [-0.15, -0.1) is 0 Å². The van der Waals surface area contributed by atoms with Crippen LogP contribution in [0.1, 0.15) is 6.92 Å². The summed E-state index contributed by atoms with van der Waals surface area (Å²) in [7, 11) is 1.87. The molecule has 0 saturated heterocycles. The number of nitrogen functional groups attached to an aromatic ring is 1. The van der Waals surface area contributed by atoms with Crippen molar-refractivity contribution in [2.75, 3.05) is 18.1 Å². The van der Waals surface area contributed by atoms with Gasteiger partial charge in [0, 0.05) is 12.3 Å². The molecule has 0 unspecified atom stereocenters. The Morgan fingerprint density at radius 3 is 2.64 bits per heavy atom. The van der Waals surface area contributed by atoms with E-state index in [2.05, 4.69) is 11.9 Å². The minimum absolute atomic E-state index is 0.766. The van der Waals surface area contributed by atoms with E-state index >= 15 is 0 Å². The summed E-state index contributed by atoms with van der Waals surface area (Å²) in [4.78, 5) is 0. The third kappa shape index (κ3) is 1.79. The molecule has 0 bridgehead atoms. The van der Waals surface area contributed by atoms with E-state index in [1.807, 2.05) is 38.3 Å². The summed E-state index contributed by atoms with van der Waals surface area (Å²) >= 11 is 0. The summed E-state index contributed by atoms with van der Waals surface area (Å²) in [6.45, 7) is 5.68. The normalized spacial score (nSPS) is 13.0. The molecular formula is C12H16N2. The third-order valence-corrected chi connectivity index (χ3v) is 2.15. The van der Waals surface area contributed by atoms with Crippen LogP contribution >= 0.6 is 0 Å². The Hall–Kier alpha value is -1.70. The molecule has 0 saturated carbocycles. The summed E-state index contributed by atoms with van der Waals surface area (Å²) < 4.78 is 0. The van der Waals surface area contributed by atoms with Crippen molar-refractivity contribution >= 4 is 23.5 Å². The van der Waals surface area contributed by atoms with Crippen molar-refractivity contribution in [3.63, 3.8) is 0 Å². The van der Waals surface area contributed by atoms with Crippen molar-refractivity contribution in [1.29, 1.82) is 0 Å². The minimum atomic E-state index is 0.766. The fraction of sp³-hybridized carbons (Fsp3) is 0.167. The molecule has 1 aromatic rings. The number of allylic oxidation sites excluding steroid dienone is 1. The summed E-state index contributed by atoms with van der Waals surface area (Å²) in [5.74, 6) is 0. The van der Waals surface area contributed by atoms with Crippen LogP contribution in [0.4, 0.5) is 11.4 Å². The molecule has 0 aliphatic heterocycles. The number of nitrogens with one attached hydrogen (secondary N) is 1. The van der Waals surface area contributed by atoms with E-state index in [0.717, 1.165) is 21.8 Å². The maximum absolute atomic E-state index is 5.85. The SMILES string of the molecule is C=C/C=c1/ccc(N)c(NC)/c1=C/C. The van der Waals surface area contributed by atoms with Gasteiger partial charge in [0.25, 0.3) is 0 Å². The van der Waals surface area contributed by atoms with Crippen molar-refractivity contribution < 1.29 is 0 Å². The number of hydrogen-bond donors (Lipinski definition) is 2. The molecule has 0 aliphatic carbocycles. The molecule has 3 N–H and O–H groups in total. The number of nitrogens with two attached hydrogens (primary N) is 1. The highest BCUT2D eigenvalue weighted by Gasteiger charge is 1.97. The Labute approximate surface area is 84.4 Å². The van der Waals surface area contributed by atoms with Crippen LogP contribution in [-0.4, -0.2) is 7.05 Å². The number of hydrogen-bond acceptors (Lipinski definition) is 2. The molecule has 0 atom stereocenters. The summed E-state index contributed by atoms with van der Waals surface area (Å²) in [6, 6.07) is 3.89. The molecule has 1 aromatic carbocycles. The lowest BCUT2D eigenvalue weighted by molar-refractivity contribution is 1.43. The first-order valence-electron chi connectivity index (χ1n) is 4.60. The first-order valence-corrected chi connectivity index (χ1v) is 4.60. The predicted molar refractivity (Wildman–Crippen MR) is 64.5 cm³/mol. The Balaban J connectivity index is 3.67. The Bertz CT molecular complexity index is 444. The molecule has 74 valence electrons. The second-order valence-corrected chi connectivity index (χ2v) is 2.97. The number of rotatable bonds is 2. The molecule has 0 spiro atoms. The van der Waals surface area contributed by atoms with Crippen molar-refractivity contribution in [1.82, 2.24) is 0 Å². The Morgan fingerprint density at radius 2 is 2.14 bits per heavy atom. The highest BCUT2D eigenvalue weighted by atomic mass is 14.8. The molecule has 2 nitrogen and oxygen atoms in total. The van der Waals surface area contributed by atoms with Crippen LogP contribution < -0.4 is 21.5 Å². The van der Waals surface area contributed by atoms with Gasteiger partial charge in [-0.2, -0.15) is 0 Å². The molecule has 0 fully saturated rings. The average Bonchev–Trinajstić information content (AvgIpc) is 2.20. The van der Waals surface area contributed by atoms with Crippen molar-refractivity contribution in [3.05, 3.63) is 35.2 Å². The van der Waals surface area contributed by atoms with Crippen molar-refractivity contribution in [3.8, 4) is 0 Å². The quantitative estimate of drug-likeness (QED) is 0.681. The monoisotopic (exact) mass is 188 g/mol. The van der Waals surface area contributed by atoms with Gasteiger partial charge in [0.15, 0.2) is 0 Å².